The van der Waals surface area contributed by atoms with Crippen LogP contribution in [0.25, 0.3) is 0 Å². The first-order chi connectivity index (χ1) is 13.7. The molecule has 1 aliphatic heterocycles. The van der Waals surface area contributed by atoms with E-state index in [0.717, 1.165) is 31.4 Å². The monoisotopic (exact) mass is 470 g/mol. The molecule has 5 fully saturated rings. The maximum absolute atomic E-state index is 13.2. The SMILES string of the molecule is O=C1C(Br)C(c2ccc(C(F)(F)F)cc2)N1NC(=O)C12CC3CC(CC(C3)C1)C2. The van der Waals surface area contributed by atoms with E-state index in [1.54, 1.807) is 0 Å². The van der Waals surface area contributed by atoms with Gasteiger partial charge in [-0.1, -0.05) is 28.1 Å². The Morgan fingerprint density at radius 2 is 1.55 bits per heavy atom. The second-order valence-corrected chi connectivity index (χ2v) is 10.3. The van der Waals surface area contributed by atoms with Gasteiger partial charge in [-0.25, -0.2) is 5.01 Å². The molecule has 1 heterocycles. The third-order valence-electron chi connectivity index (χ3n) is 7.35. The predicted molar refractivity (Wildman–Crippen MR) is 102 cm³/mol. The van der Waals surface area contributed by atoms with Gasteiger partial charge in [-0.05, 0) is 74.0 Å². The summed E-state index contributed by atoms with van der Waals surface area (Å²) < 4.78 is 38.5. The zero-order chi connectivity index (χ0) is 20.6. The van der Waals surface area contributed by atoms with Crippen molar-refractivity contribution in [2.45, 2.75) is 55.6 Å². The summed E-state index contributed by atoms with van der Waals surface area (Å²) in [6.07, 6.45) is 1.89. The number of carbonyl (C=O) groups excluding carboxylic acids is 2. The van der Waals surface area contributed by atoms with Gasteiger partial charge in [-0.3, -0.25) is 15.0 Å². The number of rotatable bonds is 3. The van der Waals surface area contributed by atoms with Crippen LogP contribution in [0.4, 0.5) is 13.2 Å². The third-order valence-corrected chi connectivity index (χ3v) is 8.24. The average Bonchev–Trinajstić information content (AvgIpc) is 2.65. The first-order valence-electron chi connectivity index (χ1n) is 10.1. The number of nitrogens with zero attached hydrogens (tertiary/aromatic N) is 1. The number of hydrogen-bond acceptors (Lipinski definition) is 2. The van der Waals surface area contributed by atoms with Crippen LogP contribution in [0.15, 0.2) is 24.3 Å². The van der Waals surface area contributed by atoms with E-state index in [2.05, 4.69) is 21.4 Å². The number of hydrogen-bond donors (Lipinski definition) is 1. The standard InChI is InChI=1S/C21H22BrF3N2O2/c22-16-17(14-1-3-15(4-2-14)21(23,24)25)27(18(16)28)26-19(29)20-8-11-5-12(9-20)7-13(6-11)10-20/h1-4,11-13,16-17H,5-10H2,(H,26,29). The molecule has 4 aliphatic carbocycles. The first-order valence-corrected chi connectivity index (χ1v) is 11.0. The number of carbonyl (C=O) groups is 2. The van der Waals surface area contributed by atoms with Crippen molar-refractivity contribution in [1.29, 1.82) is 0 Å². The van der Waals surface area contributed by atoms with E-state index in [1.165, 1.54) is 36.4 Å². The van der Waals surface area contributed by atoms with E-state index < -0.39 is 28.0 Å². The van der Waals surface area contributed by atoms with Crippen molar-refractivity contribution in [2.75, 3.05) is 0 Å². The largest absolute Gasteiger partial charge is 0.416 e. The third kappa shape index (κ3) is 3.09. The minimum atomic E-state index is -4.41. The van der Waals surface area contributed by atoms with E-state index in [0.29, 0.717) is 23.3 Å². The molecule has 0 radical (unpaired) electrons. The van der Waals surface area contributed by atoms with E-state index in [9.17, 15) is 22.8 Å². The molecule has 156 valence electrons. The molecule has 2 amide bonds. The molecule has 2 atom stereocenters. The minimum absolute atomic E-state index is 0.0961. The van der Waals surface area contributed by atoms with Gasteiger partial charge in [0.25, 0.3) is 5.91 Å². The van der Waals surface area contributed by atoms with Crippen molar-refractivity contribution in [3.05, 3.63) is 35.4 Å². The summed E-state index contributed by atoms with van der Waals surface area (Å²) in [5.74, 6) is 1.45. The molecule has 2 unspecified atom stereocenters. The highest BCUT2D eigenvalue weighted by Crippen LogP contribution is 2.60. The lowest BCUT2D eigenvalue weighted by atomic mass is 9.49. The Morgan fingerprint density at radius 3 is 2.03 bits per heavy atom. The van der Waals surface area contributed by atoms with E-state index in [1.807, 2.05) is 0 Å². The highest BCUT2D eigenvalue weighted by Gasteiger charge is 2.56. The molecule has 1 saturated heterocycles. The summed E-state index contributed by atoms with van der Waals surface area (Å²) in [5.41, 5.74) is 2.27. The van der Waals surface area contributed by atoms with Gasteiger partial charge in [-0.2, -0.15) is 13.2 Å². The maximum atomic E-state index is 13.2. The zero-order valence-corrected chi connectivity index (χ0v) is 17.3. The van der Waals surface area contributed by atoms with Crippen LogP contribution in [0.3, 0.4) is 0 Å². The predicted octanol–water partition coefficient (Wildman–Crippen LogP) is 4.60. The second-order valence-electron chi connectivity index (χ2n) is 9.31. The topological polar surface area (TPSA) is 49.4 Å². The van der Waals surface area contributed by atoms with Crippen LogP contribution < -0.4 is 5.43 Å². The summed E-state index contributed by atoms with van der Waals surface area (Å²) in [6, 6.07) is 4.26. The van der Waals surface area contributed by atoms with Crippen molar-refractivity contribution in [3.8, 4) is 0 Å². The van der Waals surface area contributed by atoms with Crippen molar-refractivity contribution < 1.29 is 22.8 Å². The molecule has 1 aromatic carbocycles. The van der Waals surface area contributed by atoms with Crippen molar-refractivity contribution >= 4 is 27.7 Å². The Kier molecular flexibility index (Phi) is 4.32. The fourth-order valence-electron chi connectivity index (χ4n) is 6.38. The van der Waals surface area contributed by atoms with E-state index in [4.69, 9.17) is 0 Å². The van der Waals surface area contributed by atoms with E-state index >= 15 is 0 Å². The van der Waals surface area contributed by atoms with Gasteiger partial charge in [0, 0.05) is 0 Å². The van der Waals surface area contributed by atoms with Crippen LogP contribution in [0.5, 0.6) is 0 Å². The van der Waals surface area contributed by atoms with Crippen LogP contribution in [-0.4, -0.2) is 21.7 Å². The van der Waals surface area contributed by atoms with Crippen molar-refractivity contribution in [3.63, 3.8) is 0 Å². The highest BCUT2D eigenvalue weighted by atomic mass is 79.9. The van der Waals surface area contributed by atoms with Gasteiger partial charge in [-0.15, -0.1) is 0 Å². The van der Waals surface area contributed by atoms with Crippen LogP contribution in [0.2, 0.25) is 0 Å². The minimum Gasteiger partial charge on any atom is -0.273 e. The summed E-state index contributed by atoms with van der Waals surface area (Å²) in [5, 5.41) is 1.29. The van der Waals surface area contributed by atoms with Gasteiger partial charge in [0.05, 0.1) is 17.0 Å². The molecule has 8 heteroatoms. The molecule has 4 nitrogen and oxygen atoms in total. The van der Waals surface area contributed by atoms with Crippen LogP contribution >= 0.6 is 15.9 Å². The van der Waals surface area contributed by atoms with Gasteiger partial charge >= 0.3 is 6.18 Å². The van der Waals surface area contributed by atoms with Crippen molar-refractivity contribution in [2.24, 2.45) is 23.2 Å². The normalized spacial score (nSPS) is 38.1. The van der Waals surface area contributed by atoms with Crippen molar-refractivity contribution in [1.82, 2.24) is 10.4 Å². The number of nitrogens with one attached hydrogen (secondary N) is 1. The number of β-lactam (4-membered cyclic amide) rings is 1. The Labute approximate surface area is 175 Å². The van der Waals surface area contributed by atoms with Crippen LogP contribution in [-0.2, 0) is 15.8 Å². The Bertz CT molecular complexity index is 819. The fraction of sp³-hybridized carbons (Fsp3) is 0.619. The molecular weight excluding hydrogens is 449 g/mol. The summed E-state index contributed by atoms with van der Waals surface area (Å²) in [4.78, 5) is 25.1. The molecule has 4 bridgehead atoms. The molecule has 1 aromatic rings. The molecule has 0 aromatic heterocycles. The Balaban J connectivity index is 1.34. The Hall–Kier alpha value is -1.57. The highest BCUT2D eigenvalue weighted by molar-refractivity contribution is 9.10. The molecule has 0 spiro atoms. The Morgan fingerprint density at radius 1 is 1.03 bits per heavy atom. The lowest BCUT2D eigenvalue weighted by Gasteiger charge is -2.56. The number of alkyl halides is 4. The lowest BCUT2D eigenvalue weighted by Crippen LogP contribution is -2.66. The van der Waals surface area contributed by atoms with Gasteiger partial charge in [0.1, 0.15) is 4.83 Å². The maximum Gasteiger partial charge on any atom is 0.416 e. The summed E-state index contributed by atoms with van der Waals surface area (Å²) in [6.45, 7) is 0. The number of halogens is 4. The summed E-state index contributed by atoms with van der Waals surface area (Å²) >= 11 is 3.32. The molecule has 6 rings (SSSR count). The van der Waals surface area contributed by atoms with Gasteiger partial charge in [0.15, 0.2) is 0 Å². The molecular formula is C21H22BrF3N2O2. The number of amides is 2. The number of benzene rings is 1. The van der Waals surface area contributed by atoms with Gasteiger partial charge < -0.3 is 0 Å². The quantitative estimate of drug-likeness (QED) is 0.518. The molecule has 4 saturated carbocycles. The average molecular weight is 471 g/mol. The summed E-state index contributed by atoms with van der Waals surface area (Å²) in [7, 11) is 0. The smallest absolute Gasteiger partial charge is 0.273 e. The second kappa shape index (κ2) is 6.46. The molecule has 5 aliphatic rings. The van der Waals surface area contributed by atoms with E-state index in [-0.39, 0.29) is 11.8 Å². The fourth-order valence-corrected chi connectivity index (χ4v) is 7.14. The first kappa shape index (κ1) is 19.4. The number of hydrazine groups is 1. The van der Waals surface area contributed by atoms with Crippen LogP contribution in [0, 0.1) is 23.2 Å². The lowest BCUT2D eigenvalue weighted by molar-refractivity contribution is -0.166. The molecule has 29 heavy (non-hydrogen) atoms. The van der Waals surface area contributed by atoms with Crippen LogP contribution in [0.1, 0.15) is 55.7 Å². The molecule has 1 N–H and O–H groups in total. The zero-order valence-electron chi connectivity index (χ0n) is 15.7. The van der Waals surface area contributed by atoms with Gasteiger partial charge in [0.2, 0.25) is 5.91 Å².